The molecular weight excluding hydrogens is 232 g/mol. The first kappa shape index (κ1) is 12.7. The van der Waals surface area contributed by atoms with E-state index in [1.165, 1.54) is 11.1 Å². The molecule has 0 radical (unpaired) electrons. The van der Waals surface area contributed by atoms with Gasteiger partial charge in [-0.25, -0.2) is 0 Å². The van der Waals surface area contributed by atoms with Gasteiger partial charge in [-0.3, -0.25) is 0 Å². The number of fused-ring (bicyclic) bond motifs is 1. The molecule has 0 amide bonds. The van der Waals surface area contributed by atoms with Gasteiger partial charge >= 0.3 is 0 Å². The smallest absolute Gasteiger partial charge is 0 e. The molecule has 0 unspecified atom stereocenters. The van der Waals surface area contributed by atoms with Crippen LogP contribution in [0.3, 0.4) is 0 Å². The molecule has 0 spiro atoms. The van der Waals surface area contributed by atoms with Crippen LogP contribution in [-0.2, 0) is 17.4 Å². The molecule has 0 N–H and O–H groups in total. The van der Waals surface area contributed by atoms with Crippen molar-refractivity contribution in [2.45, 2.75) is 0 Å². The van der Waals surface area contributed by atoms with Crippen LogP contribution in [0.5, 0.6) is 0 Å². The van der Waals surface area contributed by atoms with Crippen LogP contribution in [0.25, 0.3) is 11.1 Å². The second-order valence-electron chi connectivity index (χ2n) is 3.31. The summed E-state index contributed by atoms with van der Waals surface area (Å²) in [5.41, 5.74) is 2.66. The summed E-state index contributed by atoms with van der Waals surface area (Å²) in [7, 11) is 0. The first-order valence-corrected chi connectivity index (χ1v) is 5.07. The third-order valence-corrected chi connectivity index (χ3v) is 2.21. The summed E-state index contributed by atoms with van der Waals surface area (Å²) in [6.07, 6.45) is 0. The summed E-state index contributed by atoms with van der Waals surface area (Å²) in [6.45, 7) is 0. The molecule has 0 saturated heterocycles. The second kappa shape index (κ2) is 6.96. The molecule has 2 aliphatic rings. The summed E-state index contributed by atoms with van der Waals surface area (Å²) >= 11 is 0. The van der Waals surface area contributed by atoms with Gasteiger partial charge in [0.25, 0.3) is 0 Å². The van der Waals surface area contributed by atoms with E-state index < -0.39 is 0 Å². The van der Waals surface area contributed by atoms with Crippen molar-refractivity contribution in [2.24, 2.45) is 0 Å². The average Bonchev–Trinajstić information content (AvgIpc) is 2.80. The molecule has 1 aromatic rings. The minimum absolute atomic E-state index is 0. The number of hydrogen-bond donors (Lipinski definition) is 0. The van der Waals surface area contributed by atoms with Gasteiger partial charge in [-0.1, -0.05) is 48.5 Å². The molecule has 16 heavy (non-hydrogen) atoms. The van der Waals surface area contributed by atoms with Crippen molar-refractivity contribution in [1.82, 2.24) is 0 Å². The molecule has 0 saturated carbocycles. The largest absolute Gasteiger partial charge is 0.172 e. The van der Waals surface area contributed by atoms with Crippen molar-refractivity contribution in [2.75, 3.05) is 0 Å². The predicted molar refractivity (Wildman–Crippen MR) is 65.1 cm³/mol. The van der Waals surface area contributed by atoms with Gasteiger partial charge in [-0.05, 0) is 0 Å². The molecule has 3 rings (SSSR count). The van der Waals surface area contributed by atoms with Crippen molar-refractivity contribution < 1.29 is 17.4 Å². The standard InChI is InChI=1S/C9H7.C6H6.Cr/c1-2-5-9-7-3-6-8(9)4-1;1-2-4-6-5-3-1;/h1-7H;1-6H;/q-1;;. The van der Waals surface area contributed by atoms with Gasteiger partial charge in [0.05, 0.1) is 0 Å². The molecule has 0 heterocycles. The quantitative estimate of drug-likeness (QED) is 0.521. The van der Waals surface area contributed by atoms with Gasteiger partial charge < -0.3 is 0 Å². The van der Waals surface area contributed by atoms with E-state index in [0.29, 0.717) is 0 Å². The second-order valence-corrected chi connectivity index (χ2v) is 3.31. The molecule has 80 valence electrons. The van der Waals surface area contributed by atoms with Crippen molar-refractivity contribution in [1.29, 1.82) is 0 Å². The molecular formula is C15H13Cr-. The van der Waals surface area contributed by atoms with E-state index in [9.17, 15) is 0 Å². The van der Waals surface area contributed by atoms with E-state index >= 15 is 0 Å². The summed E-state index contributed by atoms with van der Waals surface area (Å²) in [4.78, 5) is 0. The number of hydrogen-bond acceptors (Lipinski definition) is 0. The summed E-state index contributed by atoms with van der Waals surface area (Å²) in [5.74, 6) is 0. The minimum atomic E-state index is 0. The van der Waals surface area contributed by atoms with Gasteiger partial charge in [-0.15, -0.1) is 17.2 Å². The van der Waals surface area contributed by atoms with E-state index in [-0.39, 0.29) is 17.4 Å². The molecule has 0 fully saturated rings. The minimum Gasteiger partial charge on any atom is -0.172 e. The normalized spacial score (nSPS) is 8.75. The summed E-state index contributed by atoms with van der Waals surface area (Å²) in [5, 5.41) is 0. The Morgan fingerprint density at radius 2 is 1.19 bits per heavy atom. The maximum atomic E-state index is 2.12. The molecule has 2 aliphatic carbocycles. The third kappa shape index (κ3) is 3.62. The number of rotatable bonds is 0. The van der Waals surface area contributed by atoms with Gasteiger partial charge in [0.1, 0.15) is 0 Å². The Morgan fingerprint density at radius 1 is 0.625 bits per heavy atom. The van der Waals surface area contributed by atoms with Crippen molar-refractivity contribution in [3.63, 3.8) is 0 Å². The Balaban J connectivity index is 0.000000162. The SMILES string of the molecule is [Cr].c1cc2cc[cH-]cc-2c1.c1ccccc1. The van der Waals surface area contributed by atoms with Gasteiger partial charge in [-0.2, -0.15) is 24.3 Å². The topological polar surface area (TPSA) is 0 Å². The van der Waals surface area contributed by atoms with Crippen LogP contribution >= 0.6 is 0 Å². The third-order valence-electron chi connectivity index (χ3n) is 2.21. The molecule has 0 nitrogen and oxygen atoms in total. The van der Waals surface area contributed by atoms with E-state index in [0.717, 1.165) is 0 Å². The molecule has 1 aromatic carbocycles. The van der Waals surface area contributed by atoms with Gasteiger partial charge in [0, 0.05) is 17.4 Å². The average molecular weight is 245 g/mol. The molecule has 1 heteroatoms. The van der Waals surface area contributed by atoms with E-state index in [2.05, 4.69) is 42.5 Å². The van der Waals surface area contributed by atoms with Crippen LogP contribution in [-0.4, -0.2) is 0 Å². The Bertz CT molecular complexity index is 402. The Hall–Kier alpha value is -1.42. The maximum Gasteiger partial charge on any atom is 0 e. The van der Waals surface area contributed by atoms with Gasteiger partial charge in [0.15, 0.2) is 0 Å². The Labute approximate surface area is 107 Å². The maximum absolute atomic E-state index is 2.12. The zero-order valence-corrected chi connectivity index (χ0v) is 10.2. The van der Waals surface area contributed by atoms with Crippen LogP contribution in [0.2, 0.25) is 0 Å². The fourth-order valence-electron chi connectivity index (χ4n) is 1.45. The van der Waals surface area contributed by atoms with Gasteiger partial charge in [0.2, 0.25) is 0 Å². The van der Waals surface area contributed by atoms with Crippen molar-refractivity contribution in [3.05, 3.63) is 78.9 Å². The van der Waals surface area contributed by atoms with E-state index in [1.54, 1.807) is 0 Å². The predicted octanol–water partition coefficient (Wildman–Crippen LogP) is 4.19. The monoisotopic (exact) mass is 245 g/mol. The molecule has 0 atom stereocenters. The van der Waals surface area contributed by atoms with Crippen LogP contribution in [0.15, 0.2) is 78.9 Å². The molecule has 0 aromatic heterocycles. The van der Waals surface area contributed by atoms with Crippen molar-refractivity contribution >= 4 is 0 Å². The molecule has 0 aliphatic heterocycles. The Kier molecular flexibility index (Phi) is 5.50. The summed E-state index contributed by atoms with van der Waals surface area (Å²) in [6, 6.07) is 26.7. The summed E-state index contributed by atoms with van der Waals surface area (Å²) < 4.78 is 0. The van der Waals surface area contributed by atoms with E-state index in [4.69, 9.17) is 0 Å². The first-order valence-electron chi connectivity index (χ1n) is 5.07. The fraction of sp³-hybridized carbons (Fsp3) is 0. The van der Waals surface area contributed by atoms with Crippen LogP contribution in [0.1, 0.15) is 0 Å². The van der Waals surface area contributed by atoms with Crippen LogP contribution < -0.4 is 0 Å². The Morgan fingerprint density at radius 3 is 1.75 bits per heavy atom. The zero-order chi connectivity index (χ0) is 10.3. The van der Waals surface area contributed by atoms with Crippen molar-refractivity contribution in [3.8, 4) is 11.1 Å². The number of benzene rings is 2. The zero-order valence-electron chi connectivity index (χ0n) is 8.91. The molecule has 0 bridgehead atoms. The van der Waals surface area contributed by atoms with Crippen LogP contribution in [0.4, 0.5) is 0 Å². The van der Waals surface area contributed by atoms with Crippen LogP contribution in [0, 0.1) is 0 Å². The first-order chi connectivity index (χ1) is 7.47. The van der Waals surface area contributed by atoms with E-state index in [1.807, 2.05) is 36.4 Å². The fourth-order valence-corrected chi connectivity index (χ4v) is 1.45.